The molecule has 1 aliphatic heterocycles. The molecule has 1 amide bonds. The van der Waals surface area contributed by atoms with Gasteiger partial charge in [-0.25, -0.2) is 0 Å². The summed E-state index contributed by atoms with van der Waals surface area (Å²) in [7, 11) is 1.62. The van der Waals surface area contributed by atoms with Crippen LogP contribution in [-0.4, -0.2) is 30.1 Å². The number of hydrogen-bond donors (Lipinski definition) is 0. The maximum Gasteiger partial charge on any atom is 0.254 e. The van der Waals surface area contributed by atoms with Crippen LogP contribution >= 0.6 is 0 Å². The Labute approximate surface area is 114 Å². The summed E-state index contributed by atoms with van der Waals surface area (Å²) in [6.07, 6.45) is 0. The Kier molecular flexibility index (Phi) is 3.64. The van der Waals surface area contributed by atoms with Crippen LogP contribution in [0.15, 0.2) is 18.2 Å². The minimum Gasteiger partial charge on any atom is -0.372 e. The molecule has 0 unspecified atom stereocenters. The van der Waals surface area contributed by atoms with Crippen LogP contribution in [0.5, 0.6) is 0 Å². The Hall–Kier alpha value is -1.79. The molecule has 0 atom stereocenters. The van der Waals surface area contributed by atoms with Crippen molar-refractivity contribution in [1.82, 2.24) is 4.90 Å². The van der Waals surface area contributed by atoms with Crippen molar-refractivity contribution < 1.29 is 9.53 Å². The van der Waals surface area contributed by atoms with Crippen LogP contribution in [0.1, 0.15) is 42.3 Å². The normalized spacial score (nSPS) is 14.1. The van der Waals surface area contributed by atoms with Crippen LogP contribution in [0.4, 0.5) is 0 Å². The SMILES string of the molecule is COCC#Cc1ccc2c(c1)CN(C(C)(C)C)C2=O. The fraction of sp³-hybridized carbons (Fsp3) is 0.438. The van der Waals surface area contributed by atoms with E-state index in [9.17, 15) is 4.79 Å². The average Bonchev–Trinajstić information content (AvgIpc) is 2.67. The molecule has 0 spiro atoms. The molecule has 1 aromatic rings. The highest BCUT2D eigenvalue weighted by Gasteiger charge is 2.34. The molecule has 1 heterocycles. The molecule has 0 saturated carbocycles. The van der Waals surface area contributed by atoms with E-state index >= 15 is 0 Å². The number of benzene rings is 1. The second-order valence-electron chi connectivity index (χ2n) is 5.67. The monoisotopic (exact) mass is 257 g/mol. The van der Waals surface area contributed by atoms with Gasteiger partial charge in [0.15, 0.2) is 0 Å². The lowest BCUT2D eigenvalue weighted by molar-refractivity contribution is 0.0609. The zero-order chi connectivity index (χ0) is 14.0. The second kappa shape index (κ2) is 5.07. The lowest BCUT2D eigenvalue weighted by Gasteiger charge is -2.31. The summed E-state index contributed by atoms with van der Waals surface area (Å²) >= 11 is 0. The van der Waals surface area contributed by atoms with Gasteiger partial charge in [0, 0.05) is 30.3 Å². The Morgan fingerprint density at radius 3 is 2.74 bits per heavy atom. The third kappa shape index (κ3) is 2.80. The Balaban J connectivity index is 2.27. The van der Waals surface area contributed by atoms with Gasteiger partial charge in [-0.2, -0.15) is 0 Å². The van der Waals surface area contributed by atoms with Gasteiger partial charge in [-0.15, -0.1) is 0 Å². The first-order chi connectivity index (χ1) is 8.93. The molecule has 0 aliphatic carbocycles. The van der Waals surface area contributed by atoms with E-state index < -0.39 is 0 Å². The van der Waals surface area contributed by atoms with Gasteiger partial charge in [0.1, 0.15) is 6.61 Å². The predicted octanol–water partition coefficient (Wildman–Crippen LogP) is 2.44. The summed E-state index contributed by atoms with van der Waals surface area (Å²) < 4.78 is 4.90. The van der Waals surface area contributed by atoms with Crippen molar-refractivity contribution in [3.8, 4) is 11.8 Å². The molecule has 100 valence electrons. The molecule has 3 heteroatoms. The third-order valence-electron chi connectivity index (χ3n) is 3.17. The zero-order valence-corrected chi connectivity index (χ0v) is 11.9. The number of rotatable bonds is 1. The fourth-order valence-corrected chi connectivity index (χ4v) is 2.15. The van der Waals surface area contributed by atoms with Crippen molar-refractivity contribution in [3.05, 3.63) is 34.9 Å². The molecule has 0 bridgehead atoms. The highest BCUT2D eigenvalue weighted by molar-refractivity contribution is 5.99. The highest BCUT2D eigenvalue weighted by atomic mass is 16.5. The summed E-state index contributed by atoms with van der Waals surface area (Å²) in [6.45, 7) is 7.24. The fourth-order valence-electron chi connectivity index (χ4n) is 2.15. The summed E-state index contributed by atoms with van der Waals surface area (Å²) in [5.74, 6) is 6.07. The van der Waals surface area contributed by atoms with E-state index in [1.807, 2.05) is 23.1 Å². The lowest BCUT2D eigenvalue weighted by atomic mass is 10.1. The summed E-state index contributed by atoms with van der Waals surface area (Å²) in [4.78, 5) is 14.2. The van der Waals surface area contributed by atoms with E-state index in [0.717, 1.165) is 16.7 Å². The number of hydrogen-bond acceptors (Lipinski definition) is 2. The number of fused-ring (bicyclic) bond motifs is 1. The van der Waals surface area contributed by atoms with Crippen molar-refractivity contribution in [1.29, 1.82) is 0 Å². The minimum absolute atomic E-state index is 0.110. The summed E-state index contributed by atoms with van der Waals surface area (Å²) in [5, 5.41) is 0. The van der Waals surface area contributed by atoms with E-state index in [4.69, 9.17) is 4.74 Å². The van der Waals surface area contributed by atoms with E-state index in [-0.39, 0.29) is 11.4 Å². The first-order valence-electron chi connectivity index (χ1n) is 6.36. The van der Waals surface area contributed by atoms with Crippen LogP contribution in [0, 0.1) is 11.8 Å². The number of carbonyl (C=O) groups excluding carboxylic acids is 1. The molecule has 2 rings (SSSR count). The van der Waals surface area contributed by atoms with Crippen LogP contribution in [0.2, 0.25) is 0 Å². The van der Waals surface area contributed by atoms with E-state index in [2.05, 4.69) is 32.6 Å². The molecular formula is C16H19NO2. The minimum atomic E-state index is -0.155. The van der Waals surface area contributed by atoms with Crippen molar-refractivity contribution in [3.63, 3.8) is 0 Å². The van der Waals surface area contributed by atoms with Gasteiger partial charge in [-0.05, 0) is 44.5 Å². The molecule has 1 aromatic carbocycles. The second-order valence-corrected chi connectivity index (χ2v) is 5.67. The van der Waals surface area contributed by atoms with Crippen LogP contribution in [0.3, 0.4) is 0 Å². The van der Waals surface area contributed by atoms with Gasteiger partial charge < -0.3 is 9.64 Å². The van der Waals surface area contributed by atoms with Crippen molar-refractivity contribution in [2.24, 2.45) is 0 Å². The smallest absolute Gasteiger partial charge is 0.254 e. The number of carbonyl (C=O) groups is 1. The molecule has 1 aliphatic rings. The van der Waals surface area contributed by atoms with E-state index in [1.165, 1.54) is 0 Å². The number of nitrogens with zero attached hydrogens (tertiary/aromatic N) is 1. The molecular weight excluding hydrogens is 238 g/mol. The standard InChI is InChI=1S/C16H19NO2/c1-16(2,3)17-11-13-10-12(6-5-9-19-4)7-8-14(13)15(17)18/h7-8,10H,9,11H2,1-4H3. The first-order valence-corrected chi connectivity index (χ1v) is 6.36. The van der Waals surface area contributed by atoms with Crippen molar-refractivity contribution in [2.75, 3.05) is 13.7 Å². The Morgan fingerprint density at radius 2 is 2.11 bits per heavy atom. The van der Waals surface area contributed by atoms with Crippen LogP contribution in [-0.2, 0) is 11.3 Å². The van der Waals surface area contributed by atoms with Gasteiger partial charge in [-0.3, -0.25) is 4.79 Å². The Bertz CT molecular complexity index is 558. The van der Waals surface area contributed by atoms with Gasteiger partial charge in [0.05, 0.1) is 0 Å². The number of ether oxygens (including phenoxy) is 1. The third-order valence-corrected chi connectivity index (χ3v) is 3.17. The van der Waals surface area contributed by atoms with E-state index in [0.29, 0.717) is 13.2 Å². The van der Waals surface area contributed by atoms with Crippen molar-refractivity contribution in [2.45, 2.75) is 32.9 Å². The lowest BCUT2D eigenvalue weighted by Crippen LogP contribution is -2.41. The predicted molar refractivity (Wildman–Crippen MR) is 74.8 cm³/mol. The van der Waals surface area contributed by atoms with Gasteiger partial charge in [-0.1, -0.05) is 11.8 Å². The molecule has 0 aromatic heterocycles. The highest BCUT2D eigenvalue weighted by Crippen LogP contribution is 2.29. The number of methoxy groups -OCH3 is 1. The van der Waals surface area contributed by atoms with Crippen LogP contribution in [0.25, 0.3) is 0 Å². The Morgan fingerprint density at radius 1 is 1.37 bits per heavy atom. The molecule has 0 radical (unpaired) electrons. The molecule has 19 heavy (non-hydrogen) atoms. The maximum absolute atomic E-state index is 12.3. The quantitative estimate of drug-likeness (QED) is 0.723. The zero-order valence-electron chi connectivity index (χ0n) is 11.9. The summed E-state index contributed by atoms with van der Waals surface area (Å²) in [6, 6.07) is 5.77. The molecule has 0 fully saturated rings. The average molecular weight is 257 g/mol. The molecule has 3 nitrogen and oxygen atoms in total. The van der Waals surface area contributed by atoms with Crippen LogP contribution < -0.4 is 0 Å². The number of amides is 1. The van der Waals surface area contributed by atoms with Gasteiger partial charge in [0.25, 0.3) is 5.91 Å². The topological polar surface area (TPSA) is 29.5 Å². The molecule has 0 N–H and O–H groups in total. The maximum atomic E-state index is 12.3. The largest absolute Gasteiger partial charge is 0.372 e. The molecule has 0 saturated heterocycles. The summed E-state index contributed by atoms with van der Waals surface area (Å²) in [5.41, 5.74) is 2.63. The first kappa shape index (κ1) is 13.6. The van der Waals surface area contributed by atoms with Gasteiger partial charge >= 0.3 is 0 Å². The van der Waals surface area contributed by atoms with Crippen molar-refractivity contribution >= 4 is 5.91 Å². The van der Waals surface area contributed by atoms with E-state index in [1.54, 1.807) is 7.11 Å². The van der Waals surface area contributed by atoms with Gasteiger partial charge in [0.2, 0.25) is 0 Å².